The first kappa shape index (κ1) is 14.1. The van der Waals surface area contributed by atoms with Crippen LogP contribution in [0, 0.1) is 0 Å². The summed E-state index contributed by atoms with van der Waals surface area (Å²) in [4.78, 5) is 11.3. The molecule has 104 valence electrons. The zero-order chi connectivity index (χ0) is 14.4. The SMILES string of the molecule is COC(=O)Cc1ccc[n+](Cc2ccccc2OC)c1. The van der Waals surface area contributed by atoms with Gasteiger partial charge in [0.2, 0.25) is 0 Å². The van der Waals surface area contributed by atoms with Crippen LogP contribution in [0.15, 0.2) is 48.8 Å². The molecule has 1 aromatic heterocycles. The molecule has 0 aliphatic carbocycles. The molecule has 1 aromatic carbocycles. The molecule has 0 unspecified atom stereocenters. The van der Waals surface area contributed by atoms with Crippen LogP contribution in [0.3, 0.4) is 0 Å². The molecule has 20 heavy (non-hydrogen) atoms. The van der Waals surface area contributed by atoms with Crippen LogP contribution in [0.4, 0.5) is 0 Å². The first-order valence-corrected chi connectivity index (χ1v) is 6.39. The molecule has 0 radical (unpaired) electrons. The molecule has 0 N–H and O–H groups in total. The molecule has 0 aliphatic rings. The second kappa shape index (κ2) is 6.70. The standard InChI is InChI=1S/C16H18NO3/c1-19-15-8-4-3-7-14(15)12-17-9-5-6-13(11-17)10-16(18)20-2/h3-9,11H,10,12H2,1-2H3/q+1. The van der Waals surface area contributed by atoms with Crippen LogP contribution in [0.1, 0.15) is 11.1 Å². The smallest absolute Gasteiger partial charge is 0.310 e. The molecule has 4 nitrogen and oxygen atoms in total. The fourth-order valence-electron chi connectivity index (χ4n) is 2.05. The molecule has 0 aliphatic heterocycles. The fraction of sp³-hybridized carbons (Fsp3) is 0.250. The van der Waals surface area contributed by atoms with E-state index in [2.05, 4.69) is 4.74 Å². The molecule has 0 fully saturated rings. The van der Waals surface area contributed by atoms with Gasteiger partial charge in [-0.15, -0.1) is 0 Å². The summed E-state index contributed by atoms with van der Waals surface area (Å²) in [6, 6.07) is 11.7. The van der Waals surface area contributed by atoms with Crippen molar-refractivity contribution in [3.8, 4) is 5.75 Å². The highest BCUT2D eigenvalue weighted by Crippen LogP contribution is 2.16. The summed E-state index contributed by atoms with van der Waals surface area (Å²) < 4.78 is 12.0. The third kappa shape index (κ3) is 3.57. The highest BCUT2D eigenvalue weighted by Gasteiger charge is 2.10. The van der Waals surface area contributed by atoms with Crippen molar-refractivity contribution in [1.29, 1.82) is 0 Å². The number of para-hydroxylation sites is 1. The zero-order valence-corrected chi connectivity index (χ0v) is 11.7. The number of pyridine rings is 1. The normalized spacial score (nSPS) is 10.1. The zero-order valence-electron chi connectivity index (χ0n) is 11.7. The summed E-state index contributed by atoms with van der Waals surface area (Å²) in [5.74, 6) is 0.624. The van der Waals surface area contributed by atoms with Crippen molar-refractivity contribution in [1.82, 2.24) is 0 Å². The highest BCUT2D eigenvalue weighted by atomic mass is 16.5. The Morgan fingerprint density at radius 1 is 1.15 bits per heavy atom. The van der Waals surface area contributed by atoms with Gasteiger partial charge in [-0.1, -0.05) is 12.1 Å². The van der Waals surface area contributed by atoms with Crippen molar-refractivity contribution in [2.24, 2.45) is 0 Å². The maximum atomic E-state index is 11.3. The number of hydrogen-bond donors (Lipinski definition) is 0. The Kier molecular flexibility index (Phi) is 4.71. The van der Waals surface area contributed by atoms with Gasteiger partial charge in [0.1, 0.15) is 5.75 Å². The molecule has 1 heterocycles. The maximum absolute atomic E-state index is 11.3. The fourth-order valence-corrected chi connectivity index (χ4v) is 2.05. The van der Waals surface area contributed by atoms with Gasteiger partial charge >= 0.3 is 5.97 Å². The highest BCUT2D eigenvalue weighted by molar-refractivity contribution is 5.72. The minimum atomic E-state index is -0.236. The van der Waals surface area contributed by atoms with Gasteiger partial charge in [-0.25, -0.2) is 4.57 Å². The summed E-state index contributed by atoms with van der Waals surface area (Å²) >= 11 is 0. The Balaban J connectivity index is 2.17. The van der Waals surface area contributed by atoms with E-state index in [-0.39, 0.29) is 12.4 Å². The van der Waals surface area contributed by atoms with Crippen LogP contribution < -0.4 is 9.30 Å². The van der Waals surface area contributed by atoms with Crippen molar-refractivity contribution in [3.05, 3.63) is 59.9 Å². The number of nitrogens with zero attached hydrogens (tertiary/aromatic N) is 1. The molecule has 0 atom stereocenters. The number of rotatable bonds is 5. The molecular formula is C16H18NO3+. The van der Waals surface area contributed by atoms with Gasteiger partial charge in [0.15, 0.2) is 18.9 Å². The lowest BCUT2D eigenvalue weighted by atomic mass is 10.2. The van der Waals surface area contributed by atoms with Crippen LogP contribution in [0.5, 0.6) is 5.75 Å². The maximum Gasteiger partial charge on any atom is 0.310 e. The summed E-state index contributed by atoms with van der Waals surface area (Å²) in [7, 11) is 3.06. The summed E-state index contributed by atoms with van der Waals surface area (Å²) in [5, 5.41) is 0. The molecule has 0 saturated heterocycles. The number of methoxy groups -OCH3 is 2. The molecule has 2 aromatic rings. The van der Waals surface area contributed by atoms with Crippen molar-refractivity contribution < 1.29 is 18.8 Å². The second-order valence-corrected chi connectivity index (χ2v) is 4.45. The monoisotopic (exact) mass is 272 g/mol. The van der Waals surface area contributed by atoms with E-state index < -0.39 is 0 Å². The Morgan fingerprint density at radius 3 is 2.70 bits per heavy atom. The van der Waals surface area contributed by atoms with Gasteiger partial charge in [-0.3, -0.25) is 4.79 Å². The van der Waals surface area contributed by atoms with Crippen molar-refractivity contribution in [2.45, 2.75) is 13.0 Å². The Hall–Kier alpha value is -2.36. The van der Waals surface area contributed by atoms with E-state index in [0.717, 1.165) is 16.9 Å². The average molecular weight is 272 g/mol. The lowest BCUT2D eigenvalue weighted by Gasteiger charge is -2.05. The number of carbonyl (C=O) groups excluding carboxylic acids is 1. The predicted octanol–water partition coefficient (Wildman–Crippen LogP) is 1.75. The number of ether oxygens (including phenoxy) is 2. The summed E-state index contributed by atoms with van der Waals surface area (Å²) in [6.45, 7) is 0.693. The van der Waals surface area contributed by atoms with Gasteiger partial charge in [-0.2, -0.15) is 0 Å². The van der Waals surface area contributed by atoms with Gasteiger partial charge in [-0.05, 0) is 18.2 Å². The van der Waals surface area contributed by atoms with E-state index in [9.17, 15) is 4.79 Å². The second-order valence-electron chi connectivity index (χ2n) is 4.45. The van der Waals surface area contributed by atoms with E-state index in [0.29, 0.717) is 6.54 Å². The Morgan fingerprint density at radius 2 is 1.95 bits per heavy atom. The van der Waals surface area contributed by atoms with Gasteiger partial charge < -0.3 is 9.47 Å². The first-order chi connectivity index (χ1) is 9.72. The predicted molar refractivity (Wildman–Crippen MR) is 74.5 cm³/mol. The third-order valence-corrected chi connectivity index (χ3v) is 3.04. The van der Waals surface area contributed by atoms with Crippen molar-refractivity contribution in [2.75, 3.05) is 14.2 Å². The van der Waals surface area contributed by atoms with Crippen LogP contribution in [0.2, 0.25) is 0 Å². The van der Waals surface area contributed by atoms with E-state index in [4.69, 9.17) is 4.74 Å². The topological polar surface area (TPSA) is 39.4 Å². The third-order valence-electron chi connectivity index (χ3n) is 3.04. The van der Waals surface area contributed by atoms with Crippen molar-refractivity contribution in [3.63, 3.8) is 0 Å². The van der Waals surface area contributed by atoms with E-state index in [1.807, 2.05) is 53.4 Å². The lowest BCUT2D eigenvalue weighted by molar-refractivity contribution is -0.688. The quantitative estimate of drug-likeness (QED) is 0.615. The molecular weight excluding hydrogens is 254 g/mol. The van der Waals surface area contributed by atoms with Gasteiger partial charge in [0.05, 0.1) is 26.2 Å². The molecule has 0 spiro atoms. The van der Waals surface area contributed by atoms with Crippen LogP contribution in [-0.4, -0.2) is 20.2 Å². The minimum Gasteiger partial charge on any atom is -0.496 e. The number of carbonyl (C=O) groups is 1. The van der Waals surface area contributed by atoms with E-state index in [1.165, 1.54) is 7.11 Å². The molecule has 0 saturated carbocycles. The molecule has 2 rings (SSSR count). The number of esters is 1. The number of aromatic nitrogens is 1. The van der Waals surface area contributed by atoms with E-state index in [1.54, 1.807) is 7.11 Å². The lowest BCUT2D eigenvalue weighted by Crippen LogP contribution is -2.34. The molecule has 0 bridgehead atoms. The van der Waals surface area contributed by atoms with Crippen LogP contribution >= 0.6 is 0 Å². The Labute approximate surface area is 118 Å². The van der Waals surface area contributed by atoms with Gasteiger partial charge in [0, 0.05) is 11.6 Å². The van der Waals surface area contributed by atoms with Crippen LogP contribution in [-0.2, 0) is 22.5 Å². The minimum absolute atomic E-state index is 0.236. The van der Waals surface area contributed by atoms with E-state index >= 15 is 0 Å². The van der Waals surface area contributed by atoms with Crippen molar-refractivity contribution >= 4 is 5.97 Å². The average Bonchev–Trinajstić information content (AvgIpc) is 2.48. The molecule has 0 amide bonds. The summed E-state index contributed by atoms with van der Waals surface area (Å²) in [6.07, 6.45) is 4.19. The largest absolute Gasteiger partial charge is 0.496 e. The van der Waals surface area contributed by atoms with Gasteiger partial charge in [0.25, 0.3) is 0 Å². The number of hydrogen-bond acceptors (Lipinski definition) is 3. The first-order valence-electron chi connectivity index (χ1n) is 6.39. The Bertz CT molecular complexity index is 596. The molecule has 4 heteroatoms. The number of benzene rings is 1. The summed E-state index contributed by atoms with van der Waals surface area (Å²) in [5.41, 5.74) is 2.02. The van der Waals surface area contributed by atoms with Crippen LogP contribution in [0.25, 0.3) is 0 Å².